The van der Waals surface area contributed by atoms with Gasteiger partial charge in [0, 0.05) is 49.3 Å². The minimum Gasteiger partial charge on any atom is -0.370 e. The van der Waals surface area contributed by atoms with Crippen LogP contribution >= 0.6 is 11.6 Å². The second-order valence-corrected chi connectivity index (χ2v) is 8.12. The van der Waals surface area contributed by atoms with E-state index in [0.29, 0.717) is 17.3 Å². The fourth-order valence-corrected chi connectivity index (χ4v) is 4.37. The third kappa shape index (κ3) is 4.37. The average molecular weight is 417 g/mol. The molecule has 9 heteroatoms. The highest BCUT2D eigenvalue weighted by atomic mass is 35.5. The molecule has 0 aromatic carbocycles. The van der Waals surface area contributed by atoms with Gasteiger partial charge in [-0.15, -0.1) is 0 Å². The maximum absolute atomic E-state index is 12.8. The van der Waals surface area contributed by atoms with E-state index in [-0.39, 0.29) is 23.8 Å². The van der Waals surface area contributed by atoms with E-state index in [1.54, 1.807) is 18.5 Å². The van der Waals surface area contributed by atoms with Gasteiger partial charge in [-0.2, -0.15) is 5.10 Å². The largest absolute Gasteiger partial charge is 0.370 e. The second kappa shape index (κ2) is 8.41. The lowest BCUT2D eigenvalue weighted by atomic mass is 9.85. The SMILES string of the molecule is CC(=O)N[C@H]1CCC[C@@H](C(=O)Nc2cc(-c3cnn4c3NCCC4)c(Cl)cn2)C1. The summed E-state index contributed by atoms with van der Waals surface area (Å²) in [4.78, 5) is 28.4. The van der Waals surface area contributed by atoms with Gasteiger partial charge in [0.05, 0.1) is 11.2 Å². The first-order valence-corrected chi connectivity index (χ1v) is 10.4. The Hall–Kier alpha value is -2.61. The Balaban J connectivity index is 1.50. The zero-order valence-electron chi connectivity index (χ0n) is 16.4. The quantitative estimate of drug-likeness (QED) is 0.711. The molecule has 154 valence electrons. The summed E-state index contributed by atoms with van der Waals surface area (Å²) in [5.41, 5.74) is 1.68. The summed E-state index contributed by atoms with van der Waals surface area (Å²) >= 11 is 6.40. The number of hydrogen-bond donors (Lipinski definition) is 3. The highest BCUT2D eigenvalue weighted by molar-refractivity contribution is 6.33. The number of anilines is 2. The normalized spacial score (nSPS) is 21.0. The lowest BCUT2D eigenvalue weighted by molar-refractivity contribution is -0.123. The van der Waals surface area contributed by atoms with Crippen LogP contribution in [0.2, 0.25) is 5.02 Å². The summed E-state index contributed by atoms with van der Waals surface area (Å²) in [6.45, 7) is 3.26. The number of halogens is 1. The van der Waals surface area contributed by atoms with Crippen LogP contribution in [-0.4, -0.2) is 39.2 Å². The summed E-state index contributed by atoms with van der Waals surface area (Å²) in [5, 5.41) is 14.2. The van der Waals surface area contributed by atoms with Crippen LogP contribution in [0.25, 0.3) is 11.1 Å². The molecule has 2 aromatic rings. The number of pyridine rings is 1. The fourth-order valence-electron chi connectivity index (χ4n) is 4.16. The van der Waals surface area contributed by atoms with Crippen molar-refractivity contribution in [2.24, 2.45) is 5.92 Å². The molecule has 2 aromatic heterocycles. The first-order valence-electron chi connectivity index (χ1n) is 10.0. The first-order chi connectivity index (χ1) is 14.0. The van der Waals surface area contributed by atoms with E-state index in [0.717, 1.165) is 55.7 Å². The van der Waals surface area contributed by atoms with Gasteiger partial charge in [-0.3, -0.25) is 9.59 Å². The van der Waals surface area contributed by atoms with Crippen LogP contribution in [0.3, 0.4) is 0 Å². The summed E-state index contributed by atoms with van der Waals surface area (Å²) in [5.74, 6) is 1.13. The lowest BCUT2D eigenvalue weighted by Gasteiger charge is -2.28. The smallest absolute Gasteiger partial charge is 0.228 e. The van der Waals surface area contributed by atoms with Gasteiger partial charge in [0.2, 0.25) is 11.8 Å². The van der Waals surface area contributed by atoms with E-state index in [1.165, 1.54) is 6.92 Å². The van der Waals surface area contributed by atoms with Crippen LogP contribution in [-0.2, 0) is 16.1 Å². The van der Waals surface area contributed by atoms with Crippen LogP contribution in [0.15, 0.2) is 18.5 Å². The zero-order valence-corrected chi connectivity index (χ0v) is 17.1. The molecule has 1 aliphatic heterocycles. The van der Waals surface area contributed by atoms with Crippen LogP contribution in [0.4, 0.5) is 11.6 Å². The van der Waals surface area contributed by atoms with Gasteiger partial charge in [0.25, 0.3) is 0 Å². The minimum atomic E-state index is -0.146. The van der Waals surface area contributed by atoms with E-state index in [1.807, 2.05) is 4.68 Å². The fraction of sp³-hybridized carbons (Fsp3) is 0.500. The number of hydrogen-bond acceptors (Lipinski definition) is 5. The van der Waals surface area contributed by atoms with Gasteiger partial charge >= 0.3 is 0 Å². The van der Waals surface area contributed by atoms with E-state index < -0.39 is 0 Å². The van der Waals surface area contributed by atoms with Crippen molar-refractivity contribution in [3.05, 3.63) is 23.5 Å². The van der Waals surface area contributed by atoms with E-state index in [2.05, 4.69) is 26.0 Å². The van der Waals surface area contributed by atoms with Gasteiger partial charge in [0.1, 0.15) is 11.6 Å². The van der Waals surface area contributed by atoms with Crippen molar-refractivity contribution < 1.29 is 9.59 Å². The number of fused-ring (bicyclic) bond motifs is 1. The number of nitrogens with one attached hydrogen (secondary N) is 3. The molecule has 2 aliphatic rings. The van der Waals surface area contributed by atoms with Crippen LogP contribution in [0, 0.1) is 5.92 Å². The molecule has 4 rings (SSSR count). The van der Waals surface area contributed by atoms with E-state index in [9.17, 15) is 9.59 Å². The molecule has 1 fully saturated rings. The van der Waals surface area contributed by atoms with Crippen molar-refractivity contribution in [2.45, 2.75) is 51.6 Å². The predicted octanol–water partition coefficient (Wildman–Crippen LogP) is 3.05. The Bertz CT molecular complexity index is 928. The van der Waals surface area contributed by atoms with Crippen molar-refractivity contribution in [3.63, 3.8) is 0 Å². The molecule has 0 spiro atoms. The van der Waals surface area contributed by atoms with Crippen molar-refractivity contribution in [1.82, 2.24) is 20.1 Å². The maximum atomic E-state index is 12.8. The van der Waals surface area contributed by atoms with E-state index >= 15 is 0 Å². The number of nitrogens with zero attached hydrogens (tertiary/aromatic N) is 3. The molecular formula is C20H25ClN6O2. The Morgan fingerprint density at radius 2 is 2.10 bits per heavy atom. The lowest BCUT2D eigenvalue weighted by Crippen LogP contribution is -2.40. The Morgan fingerprint density at radius 3 is 2.93 bits per heavy atom. The number of aromatic nitrogens is 3. The van der Waals surface area contributed by atoms with Crippen molar-refractivity contribution in [2.75, 3.05) is 17.2 Å². The number of aryl methyl sites for hydroxylation is 1. The second-order valence-electron chi connectivity index (χ2n) is 7.71. The topological polar surface area (TPSA) is 101 Å². The minimum absolute atomic E-state index is 0.0516. The highest BCUT2D eigenvalue weighted by Crippen LogP contribution is 2.35. The van der Waals surface area contributed by atoms with Gasteiger partial charge in [0.15, 0.2) is 0 Å². The summed E-state index contributed by atoms with van der Waals surface area (Å²) in [7, 11) is 0. The van der Waals surface area contributed by atoms with Gasteiger partial charge in [-0.05, 0) is 31.7 Å². The molecule has 0 bridgehead atoms. The third-order valence-corrected chi connectivity index (χ3v) is 5.83. The van der Waals surface area contributed by atoms with Crippen LogP contribution < -0.4 is 16.0 Å². The molecule has 3 N–H and O–H groups in total. The molecule has 1 saturated carbocycles. The number of carbonyl (C=O) groups is 2. The Kier molecular flexibility index (Phi) is 5.71. The molecule has 0 saturated heterocycles. The maximum Gasteiger partial charge on any atom is 0.228 e. The number of amides is 2. The summed E-state index contributed by atoms with van der Waals surface area (Å²) in [6, 6.07) is 1.85. The molecule has 29 heavy (non-hydrogen) atoms. The summed E-state index contributed by atoms with van der Waals surface area (Å²) < 4.78 is 1.93. The number of rotatable bonds is 4. The third-order valence-electron chi connectivity index (χ3n) is 5.53. The molecule has 8 nitrogen and oxygen atoms in total. The van der Waals surface area contributed by atoms with Crippen LogP contribution in [0.5, 0.6) is 0 Å². The van der Waals surface area contributed by atoms with Gasteiger partial charge in [-0.1, -0.05) is 18.0 Å². The van der Waals surface area contributed by atoms with Crippen molar-refractivity contribution in [3.8, 4) is 11.1 Å². The summed E-state index contributed by atoms with van der Waals surface area (Å²) in [6.07, 6.45) is 7.65. The van der Waals surface area contributed by atoms with E-state index in [4.69, 9.17) is 11.6 Å². The molecule has 0 unspecified atom stereocenters. The standard InChI is InChI=1S/C20H25ClN6O2/c1-12(28)25-14-5-2-4-13(8-14)20(29)26-18-9-15(17(21)11-23-18)16-10-24-27-7-3-6-22-19(16)27/h9-11,13-14,22H,2-8H2,1H3,(H,25,28)(H,23,26,29)/t13-,14+/m1/s1. The Labute approximate surface area is 174 Å². The van der Waals surface area contributed by atoms with Crippen molar-refractivity contribution in [1.29, 1.82) is 0 Å². The predicted molar refractivity (Wildman–Crippen MR) is 112 cm³/mol. The van der Waals surface area contributed by atoms with Crippen molar-refractivity contribution >= 4 is 35.1 Å². The number of carbonyl (C=O) groups excluding carboxylic acids is 2. The first kappa shape index (κ1) is 19.7. The van der Waals surface area contributed by atoms with Gasteiger partial charge in [-0.25, -0.2) is 9.67 Å². The van der Waals surface area contributed by atoms with Gasteiger partial charge < -0.3 is 16.0 Å². The zero-order chi connectivity index (χ0) is 20.4. The average Bonchev–Trinajstić information content (AvgIpc) is 3.13. The molecule has 2 amide bonds. The van der Waals surface area contributed by atoms with Crippen LogP contribution in [0.1, 0.15) is 39.0 Å². The molecular weight excluding hydrogens is 392 g/mol. The monoisotopic (exact) mass is 416 g/mol. The molecule has 0 radical (unpaired) electrons. The molecule has 2 atom stereocenters. The molecule has 3 heterocycles. The Morgan fingerprint density at radius 1 is 1.24 bits per heavy atom. The molecule has 1 aliphatic carbocycles. The highest BCUT2D eigenvalue weighted by Gasteiger charge is 2.28.